The largest absolute Gasteiger partial charge is 0.360 e. The molecule has 0 spiro atoms. The third-order valence-corrected chi connectivity index (χ3v) is 4.30. The van der Waals surface area contributed by atoms with Gasteiger partial charge in [-0.15, -0.1) is 0 Å². The summed E-state index contributed by atoms with van der Waals surface area (Å²) in [6, 6.07) is 10.6. The summed E-state index contributed by atoms with van der Waals surface area (Å²) in [5, 5.41) is 1.71. The maximum Gasteiger partial charge on any atom is 0.196 e. The summed E-state index contributed by atoms with van der Waals surface area (Å²) in [4.78, 5) is 15.7. The molecular formula is C15H8BrCl2NO. The Morgan fingerprint density at radius 2 is 1.90 bits per heavy atom. The smallest absolute Gasteiger partial charge is 0.196 e. The Morgan fingerprint density at radius 3 is 2.70 bits per heavy atom. The van der Waals surface area contributed by atoms with Crippen LogP contribution in [0.5, 0.6) is 0 Å². The Labute approximate surface area is 133 Å². The number of benzene rings is 2. The van der Waals surface area contributed by atoms with Crippen LogP contribution in [0.25, 0.3) is 10.9 Å². The molecule has 2 aromatic carbocycles. The van der Waals surface area contributed by atoms with Crippen LogP contribution in [-0.2, 0) is 0 Å². The van der Waals surface area contributed by atoms with Crippen molar-refractivity contribution in [3.8, 4) is 0 Å². The van der Waals surface area contributed by atoms with Gasteiger partial charge in [0.25, 0.3) is 0 Å². The number of halogens is 3. The third-order valence-electron chi connectivity index (χ3n) is 3.07. The summed E-state index contributed by atoms with van der Waals surface area (Å²) in [6.07, 6.45) is 1.69. The van der Waals surface area contributed by atoms with Gasteiger partial charge in [-0.1, -0.05) is 45.2 Å². The van der Waals surface area contributed by atoms with Gasteiger partial charge in [0, 0.05) is 37.7 Å². The van der Waals surface area contributed by atoms with E-state index in [2.05, 4.69) is 20.9 Å². The number of fused-ring (bicyclic) bond motifs is 1. The van der Waals surface area contributed by atoms with Crippen LogP contribution in [-0.4, -0.2) is 10.8 Å². The fourth-order valence-corrected chi connectivity index (χ4v) is 3.09. The molecule has 0 saturated heterocycles. The SMILES string of the molecule is O=C(c1cc(Cl)ccc1Cl)c1c[nH]c2cccc(Br)c12. The standard InChI is InChI=1S/C15H8BrCl2NO/c16-11-2-1-3-13-14(11)10(7-19-13)15(20)9-6-8(17)4-5-12(9)18/h1-7,19H. The van der Waals surface area contributed by atoms with Crippen LogP contribution in [0, 0.1) is 0 Å². The maximum absolute atomic E-state index is 12.7. The fourth-order valence-electron chi connectivity index (χ4n) is 2.14. The van der Waals surface area contributed by atoms with Crippen LogP contribution >= 0.6 is 39.1 Å². The molecule has 0 atom stereocenters. The first kappa shape index (κ1) is 13.7. The van der Waals surface area contributed by atoms with Crippen LogP contribution < -0.4 is 0 Å². The highest BCUT2D eigenvalue weighted by molar-refractivity contribution is 9.10. The number of rotatable bonds is 2. The number of carbonyl (C=O) groups is 1. The van der Waals surface area contributed by atoms with Crippen molar-refractivity contribution < 1.29 is 4.79 Å². The van der Waals surface area contributed by atoms with Gasteiger partial charge < -0.3 is 4.98 Å². The monoisotopic (exact) mass is 367 g/mol. The average molecular weight is 369 g/mol. The Morgan fingerprint density at radius 1 is 1.10 bits per heavy atom. The van der Waals surface area contributed by atoms with Crippen molar-refractivity contribution in [2.45, 2.75) is 0 Å². The normalized spacial score (nSPS) is 10.9. The second-order valence-electron chi connectivity index (χ2n) is 4.32. The molecule has 1 aromatic heterocycles. The molecule has 0 aliphatic rings. The van der Waals surface area contributed by atoms with Crippen LogP contribution in [0.3, 0.4) is 0 Å². The Hall–Kier alpha value is -1.29. The van der Waals surface area contributed by atoms with Crippen molar-refractivity contribution in [2.24, 2.45) is 0 Å². The van der Waals surface area contributed by atoms with Crippen molar-refractivity contribution in [1.82, 2.24) is 4.98 Å². The number of aromatic nitrogens is 1. The molecule has 3 aromatic rings. The van der Waals surface area contributed by atoms with Crippen molar-refractivity contribution in [3.05, 3.63) is 68.2 Å². The van der Waals surface area contributed by atoms with Crippen LogP contribution in [0.4, 0.5) is 0 Å². The van der Waals surface area contributed by atoms with Gasteiger partial charge in [-0.3, -0.25) is 4.79 Å². The number of aromatic amines is 1. The minimum Gasteiger partial charge on any atom is -0.360 e. The lowest BCUT2D eigenvalue weighted by Crippen LogP contribution is -2.01. The lowest BCUT2D eigenvalue weighted by Gasteiger charge is -2.04. The molecule has 20 heavy (non-hydrogen) atoms. The zero-order valence-electron chi connectivity index (χ0n) is 10.1. The quantitative estimate of drug-likeness (QED) is 0.598. The van der Waals surface area contributed by atoms with E-state index in [-0.39, 0.29) is 5.78 Å². The van der Waals surface area contributed by atoms with E-state index in [1.807, 2.05) is 18.2 Å². The molecule has 0 unspecified atom stereocenters. The predicted octanol–water partition coefficient (Wildman–Crippen LogP) is 5.47. The van der Waals surface area contributed by atoms with Gasteiger partial charge in [-0.05, 0) is 30.3 Å². The summed E-state index contributed by atoms with van der Waals surface area (Å²) in [5.41, 5.74) is 1.85. The molecule has 0 aliphatic heterocycles. The molecular weight excluding hydrogens is 361 g/mol. The van der Waals surface area contributed by atoms with Crippen molar-refractivity contribution >= 4 is 55.8 Å². The van der Waals surface area contributed by atoms with E-state index in [4.69, 9.17) is 23.2 Å². The van der Waals surface area contributed by atoms with Gasteiger partial charge in [0.1, 0.15) is 0 Å². The first-order chi connectivity index (χ1) is 9.58. The van der Waals surface area contributed by atoms with E-state index < -0.39 is 0 Å². The lowest BCUT2D eigenvalue weighted by atomic mass is 10.0. The molecule has 3 rings (SSSR count). The first-order valence-corrected chi connectivity index (χ1v) is 7.38. The highest BCUT2D eigenvalue weighted by Gasteiger charge is 2.18. The molecule has 1 heterocycles. The van der Waals surface area contributed by atoms with E-state index in [0.29, 0.717) is 21.2 Å². The zero-order valence-corrected chi connectivity index (χ0v) is 13.2. The molecule has 2 nitrogen and oxygen atoms in total. The number of ketones is 1. The molecule has 0 bridgehead atoms. The highest BCUT2D eigenvalue weighted by Crippen LogP contribution is 2.30. The minimum atomic E-state index is -0.157. The summed E-state index contributed by atoms with van der Waals surface area (Å²) >= 11 is 15.5. The molecule has 0 aliphatic carbocycles. The van der Waals surface area contributed by atoms with Crippen LogP contribution in [0.15, 0.2) is 47.1 Å². The van der Waals surface area contributed by atoms with Gasteiger partial charge in [0.15, 0.2) is 5.78 Å². The van der Waals surface area contributed by atoms with Gasteiger partial charge in [-0.25, -0.2) is 0 Å². The molecule has 100 valence electrons. The van der Waals surface area contributed by atoms with Gasteiger partial charge >= 0.3 is 0 Å². The second kappa shape index (κ2) is 5.24. The second-order valence-corrected chi connectivity index (χ2v) is 6.02. The highest BCUT2D eigenvalue weighted by atomic mass is 79.9. The first-order valence-electron chi connectivity index (χ1n) is 5.83. The minimum absolute atomic E-state index is 0.157. The molecule has 0 radical (unpaired) electrons. The zero-order chi connectivity index (χ0) is 14.3. The van der Waals surface area contributed by atoms with E-state index in [9.17, 15) is 4.79 Å². The van der Waals surface area contributed by atoms with Gasteiger partial charge in [-0.2, -0.15) is 0 Å². The van der Waals surface area contributed by atoms with Gasteiger partial charge in [0.05, 0.1) is 5.02 Å². The number of carbonyl (C=O) groups excluding carboxylic acids is 1. The Bertz CT molecular complexity index is 826. The number of hydrogen-bond acceptors (Lipinski definition) is 1. The topological polar surface area (TPSA) is 32.9 Å². The van der Waals surface area contributed by atoms with Crippen molar-refractivity contribution in [3.63, 3.8) is 0 Å². The van der Waals surface area contributed by atoms with Crippen molar-refractivity contribution in [1.29, 1.82) is 0 Å². The van der Waals surface area contributed by atoms with E-state index in [0.717, 1.165) is 15.4 Å². The summed E-state index contributed by atoms with van der Waals surface area (Å²) in [5.74, 6) is -0.157. The molecule has 0 fully saturated rings. The van der Waals surface area contributed by atoms with E-state index in [1.54, 1.807) is 24.4 Å². The third kappa shape index (κ3) is 2.26. The summed E-state index contributed by atoms with van der Waals surface area (Å²) < 4.78 is 0.859. The molecule has 0 saturated carbocycles. The summed E-state index contributed by atoms with van der Waals surface area (Å²) in [7, 11) is 0. The molecule has 5 heteroatoms. The average Bonchev–Trinajstić information content (AvgIpc) is 2.86. The Kier molecular flexibility index (Phi) is 3.59. The maximum atomic E-state index is 12.7. The van der Waals surface area contributed by atoms with Crippen molar-refractivity contribution in [2.75, 3.05) is 0 Å². The molecule has 1 N–H and O–H groups in total. The van der Waals surface area contributed by atoms with Crippen LogP contribution in [0.2, 0.25) is 10.0 Å². The lowest BCUT2D eigenvalue weighted by molar-refractivity contribution is 0.104. The van der Waals surface area contributed by atoms with E-state index in [1.165, 1.54) is 0 Å². The number of nitrogens with one attached hydrogen (secondary N) is 1. The van der Waals surface area contributed by atoms with Crippen LogP contribution in [0.1, 0.15) is 15.9 Å². The van der Waals surface area contributed by atoms with E-state index >= 15 is 0 Å². The fraction of sp³-hybridized carbons (Fsp3) is 0. The Balaban J connectivity index is 2.21. The number of hydrogen-bond donors (Lipinski definition) is 1. The predicted molar refractivity (Wildman–Crippen MR) is 85.9 cm³/mol. The summed E-state index contributed by atoms with van der Waals surface area (Å²) in [6.45, 7) is 0. The van der Waals surface area contributed by atoms with Gasteiger partial charge in [0.2, 0.25) is 0 Å². The number of H-pyrrole nitrogens is 1. The molecule has 0 amide bonds.